The molecule has 0 spiro atoms. The van der Waals surface area contributed by atoms with E-state index in [4.69, 9.17) is 20.6 Å². The summed E-state index contributed by atoms with van der Waals surface area (Å²) in [5.41, 5.74) is -1.19. The normalized spacial score (nSPS) is 23.4. The molecule has 0 aromatic heterocycles. The van der Waals surface area contributed by atoms with Crippen LogP contribution in [0.5, 0.6) is 11.5 Å². The topological polar surface area (TPSA) is 112 Å². The van der Waals surface area contributed by atoms with Crippen LogP contribution in [0.4, 0.5) is 16.2 Å². The Kier molecular flexibility index (Phi) is 6.74. The second-order valence-electron chi connectivity index (χ2n) is 10.0. The predicted molar refractivity (Wildman–Crippen MR) is 153 cm³/mol. The Balaban J connectivity index is 1.43. The Bertz CT molecular complexity index is 1730. The number of carbonyl (C=O) groups excluding carboxylic acids is 2. The summed E-state index contributed by atoms with van der Waals surface area (Å²) in [4.78, 5) is 39.8. The molecule has 1 saturated carbocycles. The van der Waals surface area contributed by atoms with Crippen LogP contribution in [-0.4, -0.2) is 28.4 Å². The van der Waals surface area contributed by atoms with Crippen LogP contribution in [0, 0.1) is 34.3 Å². The summed E-state index contributed by atoms with van der Waals surface area (Å²) in [6.45, 7) is -0.0712. The Morgan fingerprint density at radius 2 is 1.90 bits per heavy atom. The Hall–Kier alpha value is -5.38. The maximum atomic E-state index is 13.8. The van der Waals surface area contributed by atoms with Crippen molar-refractivity contribution in [3.63, 3.8) is 0 Å². The first-order valence-corrected chi connectivity index (χ1v) is 13.3. The van der Waals surface area contributed by atoms with Crippen molar-refractivity contribution in [1.29, 1.82) is 0 Å². The molecule has 2 aliphatic heterocycles. The molecule has 0 radical (unpaired) electrons. The fraction of sp³-hybridized carbons (Fsp3) is 0.212. The van der Waals surface area contributed by atoms with Crippen molar-refractivity contribution in [3.05, 3.63) is 106 Å². The highest BCUT2D eigenvalue weighted by molar-refractivity contribution is 6.02. The first kappa shape index (κ1) is 26.8. The Labute approximate surface area is 241 Å². The van der Waals surface area contributed by atoms with E-state index in [9.17, 15) is 19.7 Å². The number of allylic oxidation sites excluding steroid dienone is 2. The highest BCUT2D eigenvalue weighted by Gasteiger charge is 2.82. The molecule has 42 heavy (non-hydrogen) atoms. The zero-order valence-corrected chi connectivity index (χ0v) is 22.3. The summed E-state index contributed by atoms with van der Waals surface area (Å²) in [5, 5.41) is 11.5. The average molecular weight is 561 g/mol. The summed E-state index contributed by atoms with van der Waals surface area (Å²) >= 11 is 0. The number of nitro groups is 1. The van der Waals surface area contributed by atoms with Crippen LogP contribution in [0.1, 0.15) is 30.4 Å². The van der Waals surface area contributed by atoms with Gasteiger partial charge < -0.3 is 14.2 Å². The number of benzene rings is 3. The lowest BCUT2D eigenvalue weighted by atomic mass is 9.68. The molecule has 6 rings (SSSR count). The molecule has 3 atom stereocenters. The number of hydrogen-bond donors (Lipinski definition) is 0. The second kappa shape index (κ2) is 10.5. The summed E-state index contributed by atoms with van der Waals surface area (Å²) < 4.78 is 18.1. The molecule has 3 aromatic rings. The molecular weight excluding hydrogens is 536 g/mol. The standard InChI is InChI=1S/C33H24N2O7/c1-2-3-4-8-16-29-32-20-11-17-30(36)33(32,42-32)26-21-25(40-22-23-12-9-10-15-27(23)35(38)39)18-19-28(26)34(29)31(37)41-24-13-6-5-7-14-24/h1,3-7,9-10,12-15,18-19,21,29H,11,17,20,22H2/b4-3+/t29-,32-,33-/m0/s1. The van der Waals surface area contributed by atoms with Crippen LogP contribution < -0.4 is 14.4 Å². The number of carbonyl (C=O) groups is 2. The predicted octanol–water partition coefficient (Wildman–Crippen LogP) is 5.47. The van der Waals surface area contributed by atoms with Crippen LogP contribution in [0.25, 0.3) is 0 Å². The Morgan fingerprint density at radius 3 is 2.69 bits per heavy atom. The van der Waals surface area contributed by atoms with Gasteiger partial charge in [0, 0.05) is 18.1 Å². The van der Waals surface area contributed by atoms with Crippen LogP contribution in [0.15, 0.2) is 84.9 Å². The third kappa shape index (κ3) is 4.28. The maximum Gasteiger partial charge on any atom is 0.420 e. The number of hydrogen-bond acceptors (Lipinski definition) is 7. The van der Waals surface area contributed by atoms with Gasteiger partial charge in [-0.15, -0.1) is 6.42 Å². The van der Waals surface area contributed by atoms with Crippen LogP contribution in [0.2, 0.25) is 0 Å². The molecule has 3 aliphatic rings. The van der Waals surface area contributed by atoms with Crippen molar-refractivity contribution in [3.8, 4) is 35.7 Å². The number of anilines is 1. The van der Waals surface area contributed by atoms with E-state index >= 15 is 0 Å². The van der Waals surface area contributed by atoms with E-state index in [1.54, 1.807) is 60.7 Å². The van der Waals surface area contributed by atoms with Gasteiger partial charge in [0.05, 0.1) is 16.2 Å². The molecule has 3 aromatic carbocycles. The lowest BCUT2D eigenvalue weighted by molar-refractivity contribution is -0.385. The first-order chi connectivity index (χ1) is 20.4. The molecule has 1 saturated heterocycles. The number of ketones is 1. The van der Waals surface area contributed by atoms with Gasteiger partial charge >= 0.3 is 6.09 Å². The molecule has 9 nitrogen and oxygen atoms in total. The van der Waals surface area contributed by atoms with E-state index in [2.05, 4.69) is 17.8 Å². The van der Waals surface area contributed by atoms with Crippen molar-refractivity contribution < 1.29 is 28.7 Å². The fourth-order valence-corrected chi connectivity index (χ4v) is 5.93. The first-order valence-electron chi connectivity index (χ1n) is 13.3. The van der Waals surface area contributed by atoms with E-state index in [1.165, 1.54) is 23.1 Å². The van der Waals surface area contributed by atoms with Gasteiger partial charge in [-0.25, -0.2) is 4.79 Å². The van der Waals surface area contributed by atoms with Gasteiger partial charge in [0.2, 0.25) is 0 Å². The SMILES string of the molecule is C#C/C=C/C#C[C@@H]1N(C(=O)Oc2ccccc2)c2ccc(OCc3ccccc3[N+](=O)[O-])cc2[C@@]23O[C@@]12CCCC3=O. The largest absolute Gasteiger partial charge is 0.489 e. The summed E-state index contributed by atoms with van der Waals surface area (Å²) in [6, 6.07) is 19.1. The van der Waals surface area contributed by atoms with Crippen molar-refractivity contribution in [2.75, 3.05) is 4.90 Å². The number of para-hydroxylation sites is 2. The molecule has 1 amide bonds. The number of nitro benzene ring substituents is 1. The summed E-state index contributed by atoms with van der Waals surface area (Å²) in [5.74, 6) is 9.00. The third-order valence-electron chi connectivity index (χ3n) is 7.75. The van der Waals surface area contributed by atoms with Gasteiger partial charge in [0.15, 0.2) is 11.4 Å². The average Bonchev–Trinajstić information content (AvgIpc) is 3.72. The molecule has 0 unspecified atom stereocenters. The van der Waals surface area contributed by atoms with Gasteiger partial charge in [-0.3, -0.25) is 19.8 Å². The van der Waals surface area contributed by atoms with Crippen molar-refractivity contribution in [1.82, 2.24) is 0 Å². The van der Waals surface area contributed by atoms with Gasteiger partial charge in [-0.1, -0.05) is 48.1 Å². The monoisotopic (exact) mass is 560 g/mol. The minimum absolute atomic E-state index is 0.0591. The quantitative estimate of drug-likeness (QED) is 0.176. The number of rotatable bonds is 5. The lowest BCUT2D eigenvalue weighted by Gasteiger charge is -2.40. The van der Waals surface area contributed by atoms with Crippen LogP contribution in [-0.2, 0) is 21.7 Å². The number of terminal acetylenes is 1. The number of ether oxygens (including phenoxy) is 3. The van der Waals surface area contributed by atoms with Gasteiger partial charge in [-0.05, 0) is 61.4 Å². The van der Waals surface area contributed by atoms with E-state index in [-0.39, 0.29) is 18.1 Å². The Morgan fingerprint density at radius 1 is 1.12 bits per heavy atom. The van der Waals surface area contributed by atoms with Gasteiger partial charge in [0.25, 0.3) is 5.69 Å². The number of amides is 1. The zero-order valence-electron chi connectivity index (χ0n) is 22.3. The lowest BCUT2D eigenvalue weighted by Crippen LogP contribution is -2.58. The highest BCUT2D eigenvalue weighted by Crippen LogP contribution is 2.69. The van der Waals surface area contributed by atoms with Crippen molar-refractivity contribution >= 4 is 23.3 Å². The van der Waals surface area contributed by atoms with E-state index in [0.29, 0.717) is 47.6 Å². The number of epoxide rings is 1. The molecule has 9 heteroatoms. The molecule has 2 heterocycles. The van der Waals surface area contributed by atoms with E-state index in [0.717, 1.165) is 0 Å². The molecule has 2 fully saturated rings. The van der Waals surface area contributed by atoms with Crippen molar-refractivity contribution in [2.45, 2.75) is 43.1 Å². The molecule has 0 N–H and O–H groups in total. The molecular formula is C33H24N2O7. The van der Waals surface area contributed by atoms with Crippen LogP contribution >= 0.6 is 0 Å². The minimum Gasteiger partial charge on any atom is -0.489 e. The zero-order chi connectivity index (χ0) is 29.3. The smallest absolute Gasteiger partial charge is 0.420 e. The highest BCUT2D eigenvalue weighted by atomic mass is 16.6. The number of nitrogens with zero attached hydrogens (tertiary/aromatic N) is 2. The molecule has 1 aliphatic carbocycles. The minimum atomic E-state index is -1.31. The summed E-state index contributed by atoms with van der Waals surface area (Å²) in [6.07, 6.45) is 8.97. The molecule has 0 bridgehead atoms. The summed E-state index contributed by atoms with van der Waals surface area (Å²) in [7, 11) is 0. The number of Topliss-reactive ketones (excluding diaryl/α,β-unsaturated/α-hetero) is 1. The molecule has 208 valence electrons. The van der Waals surface area contributed by atoms with Crippen molar-refractivity contribution in [2.24, 2.45) is 0 Å². The van der Waals surface area contributed by atoms with E-state index < -0.39 is 28.3 Å². The van der Waals surface area contributed by atoms with Crippen LogP contribution in [0.3, 0.4) is 0 Å². The van der Waals surface area contributed by atoms with Gasteiger partial charge in [0.1, 0.15) is 29.7 Å². The fourth-order valence-electron chi connectivity index (χ4n) is 5.93. The second-order valence-corrected chi connectivity index (χ2v) is 10.0. The van der Waals surface area contributed by atoms with Gasteiger partial charge in [-0.2, -0.15) is 0 Å². The van der Waals surface area contributed by atoms with E-state index in [1.807, 2.05) is 6.07 Å². The third-order valence-corrected chi connectivity index (χ3v) is 7.75. The number of fused-ring (bicyclic) bond motifs is 1. The maximum absolute atomic E-state index is 13.8.